The molecule has 0 spiro atoms. The third kappa shape index (κ3) is 5.20. The van der Waals surface area contributed by atoms with Crippen molar-refractivity contribution in [3.05, 3.63) is 35.4 Å². The number of nitrogens with zero attached hydrogens (tertiary/aromatic N) is 7. The van der Waals surface area contributed by atoms with E-state index in [9.17, 15) is 8.42 Å². The average Bonchev–Trinajstić information content (AvgIpc) is 3.30. The smallest absolute Gasteiger partial charge is 0.245 e. The van der Waals surface area contributed by atoms with Crippen LogP contribution in [-0.4, -0.2) is 75.8 Å². The van der Waals surface area contributed by atoms with Gasteiger partial charge in [0, 0.05) is 30.8 Å². The van der Waals surface area contributed by atoms with Gasteiger partial charge in [-0.3, -0.25) is 9.29 Å². The summed E-state index contributed by atoms with van der Waals surface area (Å²) in [5, 5.41) is 7.94. The topological polar surface area (TPSA) is 156 Å². The van der Waals surface area contributed by atoms with Crippen LogP contribution in [0.3, 0.4) is 0 Å². The molecule has 15 heteroatoms. The van der Waals surface area contributed by atoms with Crippen LogP contribution in [0.4, 0.5) is 5.95 Å². The maximum atomic E-state index is 13.5. The maximum Gasteiger partial charge on any atom is 0.245 e. The van der Waals surface area contributed by atoms with Crippen molar-refractivity contribution < 1.29 is 22.6 Å². The quantitative estimate of drug-likeness (QED) is 0.426. The van der Waals surface area contributed by atoms with Crippen LogP contribution in [0.25, 0.3) is 5.69 Å². The van der Waals surface area contributed by atoms with Gasteiger partial charge in [0.15, 0.2) is 5.69 Å². The Bertz CT molecular complexity index is 1280. The Labute approximate surface area is 213 Å². The van der Waals surface area contributed by atoms with Crippen LogP contribution in [0.2, 0.25) is 5.02 Å². The van der Waals surface area contributed by atoms with Gasteiger partial charge in [0.1, 0.15) is 18.0 Å². The second-order valence-corrected chi connectivity index (χ2v) is 10.7. The summed E-state index contributed by atoms with van der Waals surface area (Å²) < 4.78 is 47.6. The van der Waals surface area contributed by atoms with E-state index in [-0.39, 0.29) is 29.3 Å². The zero-order chi connectivity index (χ0) is 25.9. The minimum atomic E-state index is -4.00. The Morgan fingerprint density at radius 1 is 1.11 bits per heavy atom. The van der Waals surface area contributed by atoms with E-state index in [1.165, 1.54) is 37.5 Å². The second kappa shape index (κ2) is 10.9. The molecule has 1 N–H and O–H groups in total. The molecule has 13 nitrogen and oxygen atoms in total. The van der Waals surface area contributed by atoms with Gasteiger partial charge in [0.05, 0.1) is 31.1 Å². The predicted octanol–water partition coefficient (Wildman–Crippen LogP) is 2.35. The molecule has 4 heterocycles. The van der Waals surface area contributed by atoms with E-state index in [1.807, 2.05) is 0 Å². The molecule has 4 rings (SSSR count). The fourth-order valence-electron chi connectivity index (χ4n) is 3.89. The molecular formula is C21H27ClN8O5S. The van der Waals surface area contributed by atoms with Crippen LogP contribution in [0.5, 0.6) is 11.8 Å². The number of methoxy groups -OCH3 is 2. The molecule has 1 aliphatic rings. The number of halogens is 1. The maximum absolute atomic E-state index is 13.5. The van der Waals surface area contributed by atoms with Gasteiger partial charge >= 0.3 is 0 Å². The van der Waals surface area contributed by atoms with E-state index >= 15 is 0 Å². The van der Waals surface area contributed by atoms with Gasteiger partial charge in [0.2, 0.25) is 27.7 Å². The number of rotatable bonds is 9. The molecule has 0 radical (unpaired) electrons. The van der Waals surface area contributed by atoms with Crippen molar-refractivity contribution in [3.8, 4) is 17.4 Å². The molecule has 36 heavy (non-hydrogen) atoms. The number of nitrogens with one attached hydrogen (secondary N) is 1. The Kier molecular flexibility index (Phi) is 7.85. The molecule has 3 atom stereocenters. The average molecular weight is 539 g/mol. The van der Waals surface area contributed by atoms with Crippen molar-refractivity contribution >= 4 is 27.6 Å². The molecule has 1 saturated heterocycles. The monoisotopic (exact) mass is 538 g/mol. The fraction of sp³-hybridized carbons (Fsp3) is 0.524. The summed E-state index contributed by atoms with van der Waals surface area (Å²) in [5.41, 5.74) is 0.271. The van der Waals surface area contributed by atoms with Gasteiger partial charge in [-0.05, 0) is 19.8 Å². The van der Waals surface area contributed by atoms with Gasteiger partial charge in [-0.2, -0.15) is 9.97 Å². The third-order valence-corrected chi connectivity index (χ3v) is 8.10. The molecular weight excluding hydrogens is 512 g/mol. The first-order chi connectivity index (χ1) is 17.3. The molecule has 0 bridgehead atoms. The molecule has 0 saturated carbocycles. The van der Waals surface area contributed by atoms with Crippen LogP contribution in [0.15, 0.2) is 18.7 Å². The molecule has 0 amide bonds. The minimum Gasteiger partial charge on any atom is -0.479 e. The van der Waals surface area contributed by atoms with Crippen LogP contribution in [0, 0.1) is 0 Å². The van der Waals surface area contributed by atoms with Gasteiger partial charge in [0.25, 0.3) is 0 Å². The highest BCUT2D eigenvalue weighted by atomic mass is 35.5. The van der Waals surface area contributed by atoms with Crippen molar-refractivity contribution in [3.63, 3.8) is 0 Å². The third-order valence-electron chi connectivity index (χ3n) is 6.05. The minimum absolute atomic E-state index is 0.0574. The summed E-state index contributed by atoms with van der Waals surface area (Å²) in [6.45, 7) is 4.34. The Hall–Kier alpha value is -3.10. The molecule has 194 valence electrons. The Morgan fingerprint density at radius 2 is 1.78 bits per heavy atom. The number of hydrogen-bond donors (Lipinski definition) is 1. The van der Waals surface area contributed by atoms with Crippen molar-refractivity contribution in [2.75, 3.05) is 32.2 Å². The Morgan fingerprint density at radius 3 is 2.36 bits per heavy atom. The normalized spacial score (nSPS) is 17.9. The van der Waals surface area contributed by atoms with E-state index in [1.54, 1.807) is 13.8 Å². The van der Waals surface area contributed by atoms with Crippen molar-refractivity contribution in [1.82, 2.24) is 34.7 Å². The summed E-state index contributed by atoms with van der Waals surface area (Å²) >= 11 is 5.87. The van der Waals surface area contributed by atoms with Crippen molar-refractivity contribution in [2.24, 2.45) is 0 Å². The second-order valence-electron chi connectivity index (χ2n) is 8.27. The highest BCUT2D eigenvalue weighted by molar-refractivity contribution is 7.93. The predicted molar refractivity (Wildman–Crippen MR) is 130 cm³/mol. The fourth-order valence-corrected chi connectivity index (χ4v) is 5.21. The zero-order valence-corrected chi connectivity index (χ0v) is 21.8. The SMILES string of the molecule is COc1ncnc(OC)c1-n1c(NS(=O)(=O)[C@@H](C)[C@H](C)c2ncc(Cl)cn2)nnc1[C@H]1CCCOC1. The Balaban J connectivity index is 1.77. The highest BCUT2D eigenvalue weighted by Crippen LogP contribution is 2.36. The molecule has 3 aromatic rings. The van der Waals surface area contributed by atoms with E-state index in [2.05, 4.69) is 34.9 Å². The standard InChI is InChI=1S/C21H27ClN8O5S/c1-12(17-23-8-15(22)9-24-17)13(2)36(31,32)29-21-28-27-18(14-6-5-7-35-10-14)30(21)16-19(33-3)25-11-26-20(16)34-4/h8-9,11-14H,5-7,10H2,1-4H3,(H,28,29)/t12-,13-,14-/m0/s1. The van der Waals surface area contributed by atoms with E-state index in [4.69, 9.17) is 25.8 Å². The number of aromatic nitrogens is 7. The summed E-state index contributed by atoms with van der Waals surface area (Å²) in [5.74, 6) is 0.397. The summed E-state index contributed by atoms with van der Waals surface area (Å²) in [6, 6.07) is 0. The van der Waals surface area contributed by atoms with Crippen molar-refractivity contribution in [1.29, 1.82) is 0 Å². The zero-order valence-electron chi connectivity index (χ0n) is 20.3. The lowest BCUT2D eigenvalue weighted by molar-refractivity contribution is 0.0775. The van der Waals surface area contributed by atoms with Gasteiger partial charge < -0.3 is 14.2 Å². The van der Waals surface area contributed by atoms with E-state index in [0.717, 1.165) is 12.8 Å². The molecule has 1 fully saturated rings. The van der Waals surface area contributed by atoms with Gasteiger partial charge in [-0.1, -0.05) is 18.5 Å². The number of ether oxygens (including phenoxy) is 3. The van der Waals surface area contributed by atoms with Crippen LogP contribution < -0.4 is 14.2 Å². The number of hydrogen-bond acceptors (Lipinski definition) is 11. The summed E-state index contributed by atoms with van der Waals surface area (Å²) in [6.07, 6.45) is 5.75. The lowest BCUT2D eigenvalue weighted by Crippen LogP contribution is -2.31. The lowest BCUT2D eigenvalue weighted by Gasteiger charge is -2.24. The van der Waals surface area contributed by atoms with Gasteiger partial charge in [-0.15, -0.1) is 10.2 Å². The van der Waals surface area contributed by atoms with Crippen LogP contribution in [0.1, 0.15) is 50.2 Å². The van der Waals surface area contributed by atoms with Crippen LogP contribution in [-0.2, 0) is 14.8 Å². The summed E-state index contributed by atoms with van der Waals surface area (Å²) in [7, 11) is -1.11. The van der Waals surface area contributed by atoms with Crippen molar-refractivity contribution in [2.45, 2.75) is 43.8 Å². The number of sulfonamides is 1. The molecule has 0 aromatic carbocycles. The summed E-state index contributed by atoms with van der Waals surface area (Å²) in [4.78, 5) is 16.7. The van der Waals surface area contributed by atoms with Gasteiger partial charge in [-0.25, -0.2) is 18.4 Å². The van der Waals surface area contributed by atoms with E-state index < -0.39 is 21.2 Å². The first kappa shape index (κ1) is 26.0. The first-order valence-corrected chi connectivity index (χ1v) is 13.1. The first-order valence-electron chi connectivity index (χ1n) is 11.2. The van der Waals surface area contributed by atoms with E-state index in [0.29, 0.717) is 29.9 Å². The van der Waals surface area contributed by atoms with Crippen LogP contribution >= 0.6 is 11.6 Å². The largest absolute Gasteiger partial charge is 0.479 e. The number of anilines is 1. The molecule has 3 aromatic heterocycles. The highest BCUT2D eigenvalue weighted by Gasteiger charge is 2.34. The molecule has 0 aliphatic carbocycles. The molecule has 1 aliphatic heterocycles. The lowest BCUT2D eigenvalue weighted by atomic mass is 10.0. The molecule has 0 unspecified atom stereocenters.